The maximum absolute atomic E-state index is 12.0. The van der Waals surface area contributed by atoms with Crippen LogP contribution in [-0.2, 0) is 23.1 Å². The van der Waals surface area contributed by atoms with Crippen molar-refractivity contribution < 1.29 is 14.7 Å². The topological polar surface area (TPSA) is 97.1 Å². The minimum absolute atomic E-state index is 0.0749. The maximum atomic E-state index is 12.0. The molecule has 0 spiro atoms. The Labute approximate surface area is 123 Å². The Morgan fingerprint density at radius 3 is 2.67 bits per heavy atom. The molecule has 7 heteroatoms. The van der Waals surface area contributed by atoms with E-state index in [1.54, 1.807) is 18.1 Å². The zero-order valence-corrected chi connectivity index (χ0v) is 12.3. The summed E-state index contributed by atoms with van der Waals surface area (Å²) in [7, 11) is 1.80. The van der Waals surface area contributed by atoms with E-state index < -0.39 is 5.97 Å². The summed E-state index contributed by atoms with van der Waals surface area (Å²) in [6.45, 7) is 0.478. The zero-order chi connectivity index (χ0) is 15.3. The van der Waals surface area contributed by atoms with E-state index in [1.165, 1.54) is 0 Å². The summed E-state index contributed by atoms with van der Waals surface area (Å²) in [6.07, 6.45) is 6.27. The Morgan fingerprint density at radius 1 is 1.38 bits per heavy atom. The van der Waals surface area contributed by atoms with Gasteiger partial charge in [-0.2, -0.15) is 5.10 Å². The van der Waals surface area contributed by atoms with E-state index in [2.05, 4.69) is 15.4 Å². The van der Waals surface area contributed by atoms with Crippen molar-refractivity contribution in [1.82, 2.24) is 20.1 Å². The molecule has 1 aliphatic carbocycles. The largest absolute Gasteiger partial charge is 0.481 e. The second kappa shape index (κ2) is 6.69. The molecule has 1 aliphatic rings. The van der Waals surface area contributed by atoms with E-state index in [-0.39, 0.29) is 17.7 Å². The number of hydrogen-bond donors (Lipinski definition) is 2. The number of aliphatic carboxylic acids is 1. The molecule has 1 aromatic rings. The lowest BCUT2D eigenvalue weighted by Gasteiger charge is -2.26. The summed E-state index contributed by atoms with van der Waals surface area (Å²) in [5.74, 6) is -0.199. The van der Waals surface area contributed by atoms with Crippen LogP contribution in [0, 0.1) is 5.41 Å². The number of carboxylic acids is 1. The molecule has 21 heavy (non-hydrogen) atoms. The summed E-state index contributed by atoms with van der Waals surface area (Å²) < 4.78 is 1.62. The van der Waals surface area contributed by atoms with Gasteiger partial charge in [-0.3, -0.25) is 14.3 Å². The van der Waals surface area contributed by atoms with Gasteiger partial charge in [0.1, 0.15) is 6.33 Å². The normalized spacial score (nSPS) is 16.8. The van der Waals surface area contributed by atoms with Crippen LogP contribution >= 0.6 is 0 Å². The average molecular weight is 294 g/mol. The first-order valence-electron chi connectivity index (χ1n) is 7.32. The number of carboxylic acid groups (broad SMARTS) is 1. The minimum atomic E-state index is -0.817. The van der Waals surface area contributed by atoms with Crippen LogP contribution in [0.25, 0.3) is 0 Å². The highest BCUT2D eigenvalue weighted by molar-refractivity contribution is 5.78. The molecule has 0 radical (unpaired) electrons. The Bertz CT molecular complexity index is 506. The van der Waals surface area contributed by atoms with Gasteiger partial charge in [-0.05, 0) is 18.3 Å². The van der Waals surface area contributed by atoms with Gasteiger partial charge in [0.05, 0.1) is 6.42 Å². The molecule has 0 atom stereocenters. The third kappa shape index (κ3) is 4.54. The number of nitrogens with zero attached hydrogens (tertiary/aromatic N) is 3. The van der Waals surface area contributed by atoms with Crippen LogP contribution in [-0.4, -0.2) is 38.3 Å². The fourth-order valence-electron chi connectivity index (χ4n) is 3.08. The number of amides is 1. The molecule has 116 valence electrons. The Morgan fingerprint density at radius 2 is 2.10 bits per heavy atom. The summed E-state index contributed by atoms with van der Waals surface area (Å²) in [4.78, 5) is 27.1. The average Bonchev–Trinajstić information content (AvgIpc) is 2.98. The van der Waals surface area contributed by atoms with Crippen molar-refractivity contribution in [3.05, 3.63) is 12.2 Å². The first-order valence-corrected chi connectivity index (χ1v) is 7.32. The van der Waals surface area contributed by atoms with Crippen LogP contribution in [0.2, 0.25) is 0 Å². The lowest BCUT2D eigenvalue weighted by Crippen LogP contribution is -2.33. The molecule has 1 amide bonds. The molecule has 1 heterocycles. The third-order valence-electron chi connectivity index (χ3n) is 4.04. The molecule has 0 saturated heterocycles. The maximum Gasteiger partial charge on any atom is 0.303 e. The third-order valence-corrected chi connectivity index (χ3v) is 4.04. The number of aryl methyl sites for hydroxylation is 1. The van der Waals surface area contributed by atoms with Gasteiger partial charge in [-0.1, -0.05) is 12.8 Å². The van der Waals surface area contributed by atoms with E-state index in [9.17, 15) is 9.59 Å². The molecule has 0 aromatic carbocycles. The SMILES string of the molecule is Cn1cnc(CCNC(=O)CC2(CC(=O)O)CCCC2)n1. The smallest absolute Gasteiger partial charge is 0.303 e. The fraction of sp³-hybridized carbons (Fsp3) is 0.714. The van der Waals surface area contributed by atoms with Crippen molar-refractivity contribution in [2.75, 3.05) is 6.54 Å². The standard InChI is InChI=1S/C14H22N4O3/c1-18-10-16-11(17-18)4-7-15-12(19)8-14(9-13(20)21)5-2-3-6-14/h10H,2-9H2,1H3,(H,15,19)(H,20,21). The molecule has 7 nitrogen and oxygen atoms in total. The number of hydrogen-bond acceptors (Lipinski definition) is 4. The molecule has 1 aromatic heterocycles. The molecule has 0 bridgehead atoms. The summed E-state index contributed by atoms with van der Waals surface area (Å²) in [6, 6.07) is 0. The fourth-order valence-corrected chi connectivity index (χ4v) is 3.08. The van der Waals surface area contributed by atoms with Crippen LogP contribution in [0.1, 0.15) is 44.3 Å². The Kier molecular flexibility index (Phi) is 4.93. The van der Waals surface area contributed by atoms with E-state index >= 15 is 0 Å². The molecular weight excluding hydrogens is 272 g/mol. The van der Waals surface area contributed by atoms with Crippen LogP contribution in [0.5, 0.6) is 0 Å². The zero-order valence-electron chi connectivity index (χ0n) is 12.3. The van der Waals surface area contributed by atoms with Gasteiger partial charge in [-0.25, -0.2) is 4.98 Å². The predicted octanol–water partition coefficient (Wildman–Crippen LogP) is 0.899. The Balaban J connectivity index is 1.78. The summed E-state index contributed by atoms with van der Waals surface area (Å²) in [5, 5.41) is 16.0. The van der Waals surface area contributed by atoms with Gasteiger partial charge < -0.3 is 10.4 Å². The molecule has 2 N–H and O–H groups in total. The molecule has 1 fully saturated rings. The summed E-state index contributed by atoms with van der Waals surface area (Å²) in [5.41, 5.74) is -0.348. The van der Waals surface area contributed by atoms with Crippen LogP contribution in [0.4, 0.5) is 0 Å². The summed E-state index contributed by atoms with van der Waals surface area (Å²) >= 11 is 0. The van der Waals surface area contributed by atoms with Gasteiger partial charge in [0.15, 0.2) is 5.82 Å². The number of carbonyl (C=O) groups is 2. The number of carbonyl (C=O) groups excluding carboxylic acids is 1. The predicted molar refractivity (Wildman–Crippen MR) is 75.5 cm³/mol. The first kappa shape index (κ1) is 15.5. The van der Waals surface area contributed by atoms with Crippen LogP contribution < -0.4 is 5.32 Å². The lowest BCUT2D eigenvalue weighted by atomic mass is 9.79. The molecule has 0 unspecified atom stereocenters. The van der Waals surface area contributed by atoms with Gasteiger partial charge in [0, 0.05) is 26.4 Å². The minimum Gasteiger partial charge on any atom is -0.481 e. The quantitative estimate of drug-likeness (QED) is 0.778. The van der Waals surface area contributed by atoms with Crippen molar-refractivity contribution in [2.45, 2.75) is 44.9 Å². The first-order chi connectivity index (χ1) is 9.99. The van der Waals surface area contributed by atoms with Crippen molar-refractivity contribution in [3.63, 3.8) is 0 Å². The van der Waals surface area contributed by atoms with Crippen molar-refractivity contribution in [2.24, 2.45) is 12.5 Å². The van der Waals surface area contributed by atoms with E-state index in [0.717, 1.165) is 25.7 Å². The highest BCUT2D eigenvalue weighted by atomic mass is 16.4. The lowest BCUT2D eigenvalue weighted by molar-refractivity contribution is -0.140. The van der Waals surface area contributed by atoms with Crippen LogP contribution in [0.15, 0.2) is 6.33 Å². The van der Waals surface area contributed by atoms with Crippen molar-refractivity contribution in [1.29, 1.82) is 0 Å². The molecule has 1 saturated carbocycles. The Hall–Kier alpha value is -1.92. The second-order valence-corrected chi connectivity index (χ2v) is 5.89. The van der Waals surface area contributed by atoms with E-state index in [4.69, 9.17) is 5.11 Å². The second-order valence-electron chi connectivity index (χ2n) is 5.89. The van der Waals surface area contributed by atoms with Gasteiger partial charge >= 0.3 is 5.97 Å². The van der Waals surface area contributed by atoms with Gasteiger partial charge in [0.2, 0.25) is 5.91 Å². The number of nitrogens with one attached hydrogen (secondary N) is 1. The molecular formula is C14H22N4O3. The monoisotopic (exact) mass is 294 g/mol. The van der Waals surface area contributed by atoms with E-state index in [1.807, 2.05) is 0 Å². The van der Waals surface area contributed by atoms with Crippen LogP contribution in [0.3, 0.4) is 0 Å². The highest BCUT2D eigenvalue weighted by Gasteiger charge is 2.37. The number of rotatable bonds is 7. The molecule has 0 aliphatic heterocycles. The van der Waals surface area contributed by atoms with Gasteiger partial charge in [0.25, 0.3) is 0 Å². The highest BCUT2D eigenvalue weighted by Crippen LogP contribution is 2.43. The number of aromatic nitrogens is 3. The van der Waals surface area contributed by atoms with Gasteiger partial charge in [-0.15, -0.1) is 0 Å². The van der Waals surface area contributed by atoms with Crippen molar-refractivity contribution in [3.8, 4) is 0 Å². The van der Waals surface area contributed by atoms with Crippen molar-refractivity contribution >= 4 is 11.9 Å². The molecule has 2 rings (SSSR count). The van der Waals surface area contributed by atoms with E-state index in [0.29, 0.717) is 25.2 Å².